The van der Waals surface area contributed by atoms with Gasteiger partial charge < -0.3 is 10.2 Å². The van der Waals surface area contributed by atoms with Gasteiger partial charge in [0.25, 0.3) is 10.1 Å². The lowest BCUT2D eigenvalue weighted by molar-refractivity contribution is -0.147. The molecule has 0 saturated heterocycles. The second-order valence-electron chi connectivity index (χ2n) is 4.28. The molecule has 0 aromatic rings. The first kappa shape index (κ1) is 15.9. The molecular weight excluding hydrogens is 252 g/mol. The molecule has 0 radical (unpaired) electrons. The van der Waals surface area contributed by atoms with E-state index in [0.29, 0.717) is 0 Å². The maximum atomic E-state index is 11.2. The van der Waals surface area contributed by atoms with E-state index in [0.717, 1.165) is 0 Å². The van der Waals surface area contributed by atoms with Crippen LogP contribution in [0, 0.1) is 5.92 Å². The predicted octanol–water partition coefficient (Wildman–Crippen LogP) is 0.609. The van der Waals surface area contributed by atoms with Crippen molar-refractivity contribution in [1.82, 2.24) is 0 Å². The Bertz CT molecular complexity index is 398. The van der Waals surface area contributed by atoms with E-state index in [9.17, 15) is 18.0 Å². The van der Waals surface area contributed by atoms with Crippen LogP contribution in [0.1, 0.15) is 33.1 Å². The Balaban J connectivity index is 5.42. The average Bonchev–Trinajstić information content (AvgIpc) is 2.08. The van der Waals surface area contributed by atoms with Gasteiger partial charge in [-0.3, -0.25) is 14.1 Å². The average molecular weight is 268 g/mol. The summed E-state index contributed by atoms with van der Waals surface area (Å²) in [5.74, 6) is -3.44. The van der Waals surface area contributed by atoms with Gasteiger partial charge in [0.15, 0.2) is 0 Å². The van der Waals surface area contributed by atoms with E-state index < -0.39 is 39.6 Å². The quantitative estimate of drug-likeness (QED) is 0.577. The topological polar surface area (TPSA) is 129 Å². The summed E-state index contributed by atoms with van der Waals surface area (Å²) in [5.41, 5.74) is 0. The van der Waals surface area contributed by atoms with Crippen LogP contribution in [0.3, 0.4) is 0 Å². The Kier molecular flexibility index (Phi) is 5.09. The van der Waals surface area contributed by atoms with Gasteiger partial charge in [0.2, 0.25) is 4.75 Å². The zero-order valence-corrected chi connectivity index (χ0v) is 10.4. The highest BCUT2D eigenvalue weighted by Gasteiger charge is 2.52. The van der Waals surface area contributed by atoms with Gasteiger partial charge >= 0.3 is 11.9 Å². The van der Waals surface area contributed by atoms with Crippen molar-refractivity contribution in [3.05, 3.63) is 0 Å². The summed E-state index contributed by atoms with van der Waals surface area (Å²) in [7, 11) is -5.00. The fourth-order valence-corrected chi connectivity index (χ4v) is 2.27. The summed E-state index contributed by atoms with van der Waals surface area (Å²) in [6.45, 7) is 3.47. The minimum Gasteiger partial charge on any atom is -0.481 e. The normalized spacial score (nSPS) is 15.5. The van der Waals surface area contributed by atoms with Crippen LogP contribution < -0.4 is 0 Å². The number of carboxylic acids is 2. The molecule has 1 atom stereocenters. The van der Waals surface area contributed by atoms with E-state index in [2.05, 4.69) is 0 Å². The van der Waals surface area contributed by atoms with E-state index in [1.807, 2.05) is 0 Å². The zero-order chi connectivity index (χ0) is 13.9. The van der Waals surface area contributed by atoms with E-state index in [1.54, 1.807) is 13.8 Å². The van der Waals surface area contributed by atoms with Crippen molar-refractivity contribution in [3.8, 4) is 0 Å². The molecule has 8 heteroatoms. The molecule has 100 valence electrons. The second-order valence-corrected chi connectivity index (χ2v) is 6.01. The summed E-state index contributed by atoms with van der Waals surface area (Å²) in [6.07, 6.45) is -1.42. The van der Waals surface area contributed by atoms with E-state index in [4.69, 9.17) is 14.8 Å². The summed E-state index contributed by atoms with van der Waals surface area (Å²) in [4.78, 5) is 21.6. The first-order chi connectivity index (χ1) is 7.53. The summed E-state index contributed by atoms with van der Waals surface area (Å²) in [5, 5.41) is 17.5. The lowest BCUT2D eigenvalue weighted by Gasteiger charge is -2.25. The molecule has 0 aromatic heterocycles. The maximum Gasteiger partial charge on any atom is 0.328 e. The lowest BCUT2D eigenvalue weighted by atomic mass is 9.94. The SMILES string of the molecule is CC(C)CCC(CC(=O)O)(C(=O)O)S(=O)(=O)O. The Morgan fingerprint density at radius 2 is 1.71 bits per heavy atom. The molecule has 0 aliphatic heterocycles. The second kappa shape index (κ2) is 5.46. The van der Waals surface area contributed by atoms with E-state index >= 15 is 0 Å². The number of aliphatic carboxylic acids is 2. The molecule has 0 aromatic carbocycles. The highest BCUT2D eigenvalue weighted by atomic mass is 32.2. The molecule has 0 heterocycles. The van der Waals surface area contributed by atoms with Crippen molar-refractivity contribution in [1.29, 1.82) is 0 Å². The Morgan fingerprint density at radius 3 is 1.94 bits per heavy atom. The molecule has 1 unspecified atom stereocenters. The molecule has 17 heavy (non-hydrogen) atoms. The third kappa shape index (κ3) is 3.97. The van der Waals surface area contributed by atoms with Crippen molar-refractivity contribution < 1.29 is 32.8 Å². The number of carbonyl (C=O) groups is 2. The maximum absolute atomic E-state index is 11.2. The van der Waals surface area contributed by atoms with Crippen molar-refractivity contribution in [2.45, 2.75) is 37.9 Å². The van der Waals surface area contributed by atoms with Crippen LogP contribution in [-0.2, 0) is 19.7 Å². The number of hydrogen-bond donors (Lipinski definition) is 3. The molecule has 0 fully saturated rings. The van der Waals surface area contributed by atoms with E-state index in [1.165, 1.54) is 0 Å². The number of carboxylic acid groups (broad SMARTS) is 2. The fourth-order valence-electron chi connectivity index (χ4n) is 1.37. The van der Waals surface area contributed by atoms with Crippen molar-refractivity contribution in [3.63, 3.8) is 0 Å². The smallest absolute Gasteiger partial charge is 0.328 e. The van der Waals surface area contributed by atoms with Crippen LogP contribution >= 0.6 is 0 Å². The van der Waals surface area contributed by atoms with Crippen LogP contribution in [-0.4, -0.2) is 39.9 Å². The molecular formula is C9H16O7S. The third-order valence-electron chi connectivity index (χ3n) is 2.45. The summed E-state index contributed by atoms with van der Waals surface area (Å²) >= 11 is 0. The van der Waals surface area contributed by atoms with Crippen molar-refractivity contribution in [2.24, 2.45) is 5.92 Å². The fraction of sp³-hybridized carbons (Fsp3) is 0.778. The van der Waals surface area contributed by atoms with Crippen molar-refractivity contribution in [2.75, 3.05) is 0 Å². The first-order valence-corrected chi connectivity index (χ1v) is 6.39. The largest absolute Gasteiger partial charge is 0.481 e. The van der Waals surface area contributed by atoms with Gasteiger partial charge in [-0.25, -0.2) is 0 Å². The minimum atomic E-state index is -5.00. The zero-order valence-electron chi connectivity index (χ0n) is 9.58. The standard InChI is InChI=1S/C9H16O7S/c1-6(2)3-4-9(8(12)13,5-7(10)11)17(14,15)16/h6H,3-5H2,1-2H3,(H,10,11)(H,12,13)(H,14,15,16). The molecule has 0 aliphatic carbocycles. The Hall–Kier alpha value is -1.15. The summed E-state index contributed by atoms with van der Waals surface area (Å²) < 4.78 is 28.6. The van der Waals surface area contributed by atoms with Gasteiger partial charge in [-0.1, -0.05) is 13.8 Å². The lowest BCUT2D eigenvalue weighted by Crippen LogP contribution is -2.48. The van der Waals surface area contributed by atoms with Gasteiger partial charge in [-0.05, 0) is 18.8 Å². The molecule has 0 saturated carbocycles. The van der Waals surface area contributed by atoms with Gasteiger partial charge in [0, 0.05) is 0 Å². The van der Waals surface area contributed by atoms with Crippen LogP contribution in [0.5, 0.6) is 0 Å². The van der Waals surface area contributed by atoms with Gasteiger partial charge in [0.1, 0.15) is 0 Å². The molecule has 0 spiro atoms. The van der Waals surface area contributed by atoms with Gasteiger partial charge in [-0.15, -0.1) is 0 Å². The molecule has 0 aliphatic rings. The molecule has 0 rings (SSSR count). The van der Waals surface area contributed by atoms with E-state index in [-0.39, 0.29) is 12.3 Å². The highest BCUT2D eigenvalue weighted by Crippen LogP contribution is 2.29. The van der Waals surface area contributed by atoms with Crippen LogP contribution in [0.15, 0.2) is 0 Å². The van der Waals surface area contributed by atoms with Crippen LogP contribution in [0.2, 0.25) is 0 Å². The van der Waals surface area contributed by atoms with Crippen molar-refractivity contribution >= 4 is 22.1 Å². The number of rotatable bonds is 7. The minimum absolute atomic E-state index is 0.00994. The molecule has 7 nitrogen and oxygen atoms in total. The van der Waals surface area contributed by atoms with Gasteiger partial charge in [0.05, 0.1) is 6.42 Å². The third-order valence-corrected chi connectivity index (χ3v) is 3.96. The number of hydrogen-bond acceptors (Lipinski definition) is 4. The predicted molar refractivity (Wildman–Crippen MR) is 58.2 cm³/mol. The van der Waals surface area contributed by atoms with Crippen LogP contribution in [0.25, 0.3) is 0 Å². The first-order valence-electron chi connectivity index (χ1n) is 4.95. The molecule has 0 amide bonds. The van der Waals surface area contributed by atoms with Gasteiger partial charge in [-0.2, -0.15) is 8.42 Å². The summed E-state index contributed by atoms with van der Waals surface area (Å²) in [6, 6.07) is 0. The Morgan fingerprint density at radius 1 is 1.24 bits per heavy atom. The molecule has 3 N–H and O–H groups in total. The molecule has 0 bridgehead atoms. The highest BCUT2D eigenvalue weighted by molar-refractivity contribution is 7.88. The van der Waals surface area contributed by atoms with Crippen LogP contribution in [0.4, 0.5) is 0 Å². The monoisotopic (exact) mass is 268 g/mol. The Labute approximate surface area is 99.2 Å².